The van der Waals surface area contributed by atoms with Crippen LogP contribution in [0.4, 0.5) is 0 Å². The number of rotatable bonds is 4. The summed E-state index contributed by atoms with van der Waals surface area (Å²) in [5.41, 5.74) is 3.39. The Balaban J connectivity index is 2.62. The molecule has 1 rings (SSSR count). The van der Waals surface area contributed by atoms with Crippen molar-refractivity contribution in [3.05, 3.63) is 17.0 Å². The summed E-state index contributed by atoms with van der Waals surface area (Å²) in [4.78, 5) is 2.07. The Morgan fingerprint density at radius 2 is 2.15 bits per heavy atom. The number of aliphatic hydroxyl groups excluding tert-OH is 1. The zero-order valence-electron chi connectivity index (χ0n) is 8.46. The van der Waals surface area contributed by atoms with E-state index in [2.05, 4.69) is 15.1 Å². The third kappa shape index (κ3) is 2.54. The zero-order valence-corrected chi connectivity index (χ0v) is 8.46. The van der Waals surface area contributed by atoms with Crippen LogP contribution in [0.2, 0.25) is 0 Å². The summed E-state index contributed by atoms with van der Waals surface area (Å²) >= 11 is 0. The van der Waals surface area contributed by atoms with Gasteiger partial charge in [0, 0.05) is 24.3 Å². The van der Waals surface area contributed by atoms with Crippen LogP contribution in [-0.4, -0.2) is 40.4 Å². The average Bonchev–Trinajstić information content (AvgIpc) is 2.36. The zero-order chi connectivity index (χ0) is 9.84. The van der Waals surface area contributed by atoms with Crippen LogP contribution in [0.15, 0.2) is 0 Å². The molecular weight excluding hydrogens is 166 g/mol. The topological polar surface area (TPSA) is 52.2 Å². The Hall–Kier alpha value is -0.870. The normalized spacial score (nSPS) is 11.2. The quantitative estimate of drug-likeness (QED) is 0.712. The van der Waals surface area contributed by atoms with Crippen molar-refractivity contribution in [3.8, 4) is 0 Å². The fourth-order valence-corrected chi connectivity index (χ4v) is 1.33. The number of aromatic amines is 1. The summed E-state index contributed by atoms with van der Waals surface area (Å²) in [6.45, 7) is 5.75. The fraction of sp³-hybridized carbons (Fsp3) is 0.667. The molecule has 0 unspecified atom stereocenters. The highest BCUT2D eigenvalue weighted by Gasteiger charge is 2.08. The molecule has 0 aliphatic rings. The fourth-order valence-electron chi connectivity index (χ4n) is 1.33. The van der Waals surface area contributed by atoms with Gasteiger partial charge in [0.2, 0.25) is 0 Å². The van der Waals surface area contributed by atoms with Gasteiger partial charge in [-0.3, -0.25) is 10.00 Å². The number of likely N-dealkylation sites (N-methyl/N-ethyl adjacent to an activating group) is 1. The number of nitrogens with zero attached hydrogens (tertiary/aromatic N) is 2. The number of aromatic nitrogens is 2. The minimum absolute atomic E-state index is 0.201. The lowest BCUT2D eigenvalue weighted by atomic mass is 10.2. The first-order chi connectivity index (χ1) is 6.15. The molecule has 0 atom stereocenters. The third-order valence-corrected chi connectivity index (χ3v) is 2.19. The molecule has 4 heteroatoms. The molecular formula is C9H17N3O. The number of H-pyrrole nitrogens is 1. The highest BCUT2D eigenvalue weighted by molar-refractivity contribution is 5.22. The first-order valence-corrected chi connectivity index (χ1v) is 4.45. The van der Waals surface area contributed by atoms with E-state index in [1.54, 1.807) is 0 Å². The largest absolute Gasteiger partial charge is 0.395 e. The maximum atomic E-state index is 8.74. The Kier molecular flexibility index (Phi) is 3.45. The molecule has 2 N–H and O–H groups in total. The van der Waals surface area contributed by atoms with Crippen molar-refractivity contribution in [2.75, 3.05) is 20.2 Å². The van der Waals surface area contributed by atoms with Crippen LogP contribution in [-0.2, 0) is 6.54 Å². The van der Waals surface area contributed by atoms with Gasteiger partial charge in [-0.15, -0.1) is 0 Å². The van der Waals surface area contributed by atoms with Gasteiger partial charge in [0.15, 0.2) is 0 Å². The Labute approximate surface area is 78.6 Å². The van der Waals surface area contributed by atoms with Crippen LogP contribution in [0.25, 0.3) is 0 Å². The molecule has 0 aliphatic carbocycles. The van der Waals surface area contributed by atoms with Gasteiger partial charge in [-0.1, -0.05) is 0 Å². The first kappa shape index (κ1) is 10.2. The minimum Gasteiger partial charge on any atom is -0.395 e. The van der Waals surface area contributed by atoms with E-state index in [0.717, 1.165) is 17.9 Å². The van der Waals surface area contributed by atoms with Crippen molar-refractivity contribution in [1.82, 2.24) is 15.1 Å². The standard InChI is InChI=1S/C9H17N3O/c1-7-9(8(2)11-10-7)6-12(3)4-5-13/h13H,4-6H2,1-3H3,(H,10,11). The molecule has 74 valence electrons. The van der Waals surface area contributed by atoms with Gasteiger partial charge in [-0.25, -0.2) is 0 Å². The van der Waals surface area contributed by atoms with Gasteiger partial charge in [-0.2, -0.15) is 5.10 Å². The molecule has 0 aliphatic heterocycles. The van der Waals surface area contributed by atoms with Crippen molar-refractivity contribution in [2.45, 2.75) is 20.4 Å². The lowest BCUT2D eigenvalue weighted by Gasteiger charge is -2.14. The lowest BCUT2D eigenvalue weighted by Crippen LogP contribution is -2.22. The second-order valence-corrected chi connectivity index (χ2v) is 3.37. The van der Waals surface area contributed by atoms with Crippen molar-refractivity contribution < 1.29 is 5.11 Å². The maximum absolute atomic E-state index is 8.74. The monoisotopic (exact) mass is 183 g/mol. The highest BCUT2D eigenvalue weighted by atomic mass is 16.3. The summed E-state index contributed by atoms with van der Waals surface area (Å²) < 4.78 is 0. The van der Waals surface area contributed by atoms with Crippen molar-refractivity contribution in [1.29, 1.82) is 0 Å². The number of aliphatic hydroxyl groups is 1. The highest BCUT2D eigenvalue weighted by Crippen LogP contribution is 2.10. The molecule has 0 aromatic carbocycles. The van der Waals surface area contributed by atoms with Crippen LogP contribution < -0.4 is 0 Å². The summed E-state index contributed by atoms with van der Waals surface area (Å²) in [5.74, 6) is 0. The molecule has 1 aromatic heterocycles. The Bertz CT molecular complexity index is 250. The molecule has 0 saturated carbocycles. The smallest absolute Gasteiger partial charge is 0.0639 e. The summed E-state index contributed by atoms with van der Waals surface area (Å²) in [5, 5.41) is 15.8. The molecule has 0 bridgehead atoms. The van der Waals surface area contributed by atoms with Gasteiger partial charge in [0.05, 0.1) is 12.3 Å². The van der Waals surface area contributed by atoms with Crippen molar-refractivity contribution in [3.63, 3.8) is 0 Å². The Morgan fingerprint density at radius 1 is 1.46 bits per heavy atom. The van der Waals surface area contributed by atoms with E-state index in [-0.39, 0.29) is 6.61 Å². The van der Waals surface area contributed by atoms with E-state index >= 15 is 0 Å². The lowest BCUT2D eigenvalue weighted by molar-refractivity contribution is 0.217. The van der Waals surface area contributed by atoms with E-state index in [9.17, 15) is 0 Å². The molecule has 0 saturated heterocycles. The molecule has 13 heavy (non-hydrogen) atoms. The third-order valence-electron chi connectivity index (χ3n) is 2.19. The first-order valence-electron chi connectivity index (χ1n) is 4.45. The Morgan fingerprint density at radius 3 is 2.62 bits per heavy atom. The maximum Gasteiger partial charge on any atom is 0.0639 e. The van der Waals surface area contributed by atoms with Gasteiger partial charge in [-0.05, 0) is 20.9 Å². The number of hydrogen-bond acceptors (Lipinski definition) is 3. The average molecular weight is 183 g/mol. The predicted molar refractivity (Wildman–Crippen MR) is 51.5 cm³/mol. The van der Waals surface area contributed by atoms with E-state index < -0.39 is 0 Å². The van der Waals surface area contributed by atoms with Crippen molar-refractivity contribution >= 4 is 0 Å². The SMILES string of the molecule is Cc1n[nH]c(C)c1CN(C)CCO. The summed E-state index contributed by atoms with van der Waals surface area (Å²) in [6, 6.07) is 0. The van der Waals surface area contributed by atoms with Crippen LogP contribution in [0.3, 0.4) is 0 Å². The van der Waals surface area contributed by atoms with E-state index in [1.807, 2.05) is 20.9 Å². The molecule has 4 nitrogen and oxygen atoms in total. The molecule has 1 heterocycles. The second-order valence-electron chi connectivity index (χ2n) is 3.37. The van der Waals surface area contributed by atoms with Crippen LogP contribution in [0, 0.1) is 13.8 Å². The predicted octanol–water partition coefficient (Wildman–Crippen LogP) is 0.451. The van der Waals surface area contributed by atoms with E-state index in [4.69, 9.17) is 5.11 Å². The van der Waals surface area contributed by atoms with E-state index in [0.29, 0.717) is 6.54 Å². The summed E-state index contributed by atoms with van der Waals surface area (Å²) in [6.07, 6.45) is 0. The molecule has 0 spiro atoms. The van der Waals surface area contributed by atoms with Gasteiger partial charge >= 0.3 is 0 Å². The molecule has 0 amide bonds. The second kappa shape index (κ2) is 4.39. The van der Waals surface area contributed by atoms with Crippen LogP contribution in [0.5, 0.6) is 0 Å². The van der Waals surface area contributed by atoms with Crippen molar-refractivity contribution in [2.24, 2.45) is 0 Å². The van der Waals surface area contributed by atoms with Gasteiger partial charge in [0.25, 0.3) is 0 Å². The summed E-state index contributed by atoms with van der Waals surface area (Å²) in [7, 11) is 1.99. The van der Waals surface area contributed by atoms with E-state index in [1.165, 1.54) is 5.56 Å². The van der Waals surface area contributed by atoms with Gasteiger partial charge in [0.1, 0.15) is 0 Å². The minimum atomic E-state index is 0.201. The number of aryl methyl sites for hydroxylation is 2. The van der Waals surface area contributed by atoms with Crippen LogP contribution >= 0.6 is 0 Å². The molecule has 0 radical (unpaired) electrons. The van der Waals surface area contributed by atoms with Crippen LogP contribution in [0.1, 0.15) is 17.0 Å². The molecule has 1 aromatic rings. The molecule has 0 fully saturated rings. The number of hydrogen-bond donors (Lipinski definition) is 2. The van der Waals surface area contributed by atoms with Gasteiger partial charge < -0.3 is 5.11 Å². The number of nitrogens with one attached hydrogen (secondary N) is 1.